The summed E-state index contributed by atoms with van der Waals surface area (Å²) in [7, 11) is 0. The van der Waals surface area contributed by atoms with Crippen molar-refractivity contribution in [3.63, 3.8) is 0 Å². The highest BCUT2D eigenvalue weighted by Crippen LogP contribution is 2.40. The number of hydrogen-bond acceptors (Lipinski definition) is 9. The number of ether oxygens (including phenoxy) is 3. The summed E-state index contributed by atoms with van der Waals surface area (Å²) in [5.74, 6) is 1.95. The summed E-state index contributed by atoms with van der Waals surface area (Å²) in [6, 6.07) is 16.0. The summed E-state index contributed by atoms with van der Waals surface area (Å²) in [5, 5.41) is 0. The molecule has 2 aromatic heterocycles. The summed E-state index contributed by atoms with van der Waals surface area (Å²) >= 11 is 4.90. The van der Waals surface area contributed by atoms with Gasteiger partial charge in [0.25, 0.3) is 5.56 Å². The molecule has 9 nitrogen and oxygen atoms in total. The standard InChI is InChI=1S/C32H28BrN3O6S/c1-2-39-31(38)26-27(19-9-5-3-6-10-19)34-32-36(28(26)20-11-12-23-24(15-20)41-18-40-23)29(37)25(43-32)17-21-16-22(33)30(42-21)35-13-7-4-8-14-35/h3,5-6,9-12,15-17,28H,2,4,7-8,13-14,18H2,1H3/b25-17+/t28-/m0/s1. The molecule has 0 saturated carbocycles. The largest absolute Gasteiger partial charge is 0.463 e. The van der Waals surface area contributed by atoms with E-state index in [0.29, 0.717) is 37.9 Å². The molecule has 0 aliphatic carbocycles. The molecule has 11 heteroatoms. The summed E-state index contributed by atoms with van der Waals surface area (Å²) in [6.07, 6.45) is 5.20. The van der Waals surface area contributed by atoms with E-state index in [1.807, 2.05) is 48.5 Å². The van der Waals surface area contributed by atoms with E-state index in [9.17, 15) is 9.59 Å². The molecule has 5 heterocycles. The van der Waals surface area contributed by atoms with Crippen molar-refractivity contribution < 1.29 is 23.4 Å². The Morgan fingerprint density at radius 1 is 1.09 bits per heavy atom. The average Bonchev–Trinajstić information content (AvgIpc) is 3.74. The molecule has 4 aromatic rings. The molecule has 1 atom stereocenters. The topological polar surface area (TPSA) is 95.5 Å². The second-order valence-electron chi connectivity index (χ2n) is 10.4. The SMILES string of the molecule is CCOC(=O)C1=C(c2ccccc2)N=c2s/c(=C/c3cc(Br)c(N4CCCCC4)o3)c(=O)n2[C@H]1c1ccc2c(c1)OCO2. The molecule has 1 fully saturated rings. The number of hydrogen-bond donors (Lipinski definition) is 0. The zero-order chi connectivity index (χ0) is 29.5. The molecule has 0 radical (unpaired) electrons. The second-order valence-corrected chi connectivity index (χ2v) is 12.3. The van der Waals surface area contributed by atoms with Gasteiger partial charge in [0, 0.05) is 30.8 Å². The Kier molecular flexibility index (Phi) is 7.44. The van der Waals surface area contributed by atoms with E-state index in [1.54, 1.807) is 23.6 Å². The van der Waals surface area contributed by atoms with E-state index >= 15 is 0 Å². The van der Waals surface area contributed by atoms with Crippen molar-refractivity contribution >= 4 is 50.9 Å². The first-order valence-corrected chi connectivity index (χ1v) is 15.8. The first-order chi connectivity index (χ1) is 21.0. The Hall–Kier alpha value is -4.09. The lowest BCUT2D eigenvalue weighted by Gasteiger charge is -2.26. The van der Waals surface area contributed by atoms with Gasteiger partial charge >= 0.3 is 5.97 Å². The fraction of sp³-hybridized carbons (Fsp3) is 0.281. The number of rotatable bonds is 6. The van der Waals surface area contributed by atoms with Crippen LogP contribution in [-0.2, 0) is 9.53 Å². The van der Waals surface area contributed by atoms with Gasteiger partial charge in [0.1, 0.15) is 5.76 Å². The van der Waals surface area contributed by atoms with Crippen LogP contribution in [0.5, 0.6) is 11.5 Å². The van der Waals surface area contributed by atoms with Crippen LogP contribution in [-0.4, -0.2) is 37.0 Å². The van der Waals surface area contributed by atoms with Crippen LogP contribution in [0.1, 0.15) is 49.1 Å². The molecule has 1 saturated heterocycles. The fourth-order valence-corrected chi connectivity index (χ4v) is 7.27. The van der Waals surface area contributed by atoms with Crippen molar-refractivity contribution in [2.75, 3.05) is 31.4 Å². The summed E-state index contributed by atoms with van der Waals surface area (Å²) < 4.78 is 25.8. The van der Waals surface area contributed by atoms with Gasteiger partial charge in [-0.05, 0) is 59.8 Å². The number of fused-ring (bicyclic) bond motifs is 2. The minimum Gasteiger partial charge on any atom is -0.463 e. The maximum absolute atomic E-state index is 14.2. The van der Waals surface area contributed by atoms with Crippen LogP contribution in [0.25, 0.3) is 11.8 Å². The van der Waals surface area contributed by atoms with Gasteiger partial charge in [0.15, 0.2) is 16.3 Å². The van der Waals surface area contributed by atoms with Crippen LogP contribution >= 0.6 is 27.3 Å². The van der Waals surface area contributed by atoms with E-state index in [2.05, 4.69) is 20.8 Å². The minimum atomic E-state index is -0.811. The van der Waals surface area contributed by atoms with Gasteiger partial charge in [-0.15, -0.1) is 0 Å². The number of thiazole rings is 1. The van der Waals surface area contributed by atoms with Crippen molar-refractivity contribution in [1.82, 2.24) is 4.57 Å². The number of anilines is 1. The molecule has 43 heavy (non-hydrogen) atoms. The fourth-order valence-electron chi connectivity index (χ4n) is 5.73. The lowest BCUT2D eigenvalue weighted by Crippen LogP contribution is -2.40. The van der Waals surface area contributed by atoms with Crippen LogP contribution < -0.4 is 29.3 Å². The smallest absolute Gasteiger partial charge is 0.338 e. The molecule has 3 aliphatic heterocycles. The number of halogens is 1. The molecule has 0 spiro atoms. The van der Waals surface area contributed by atoms with Gasteiger partial charge in [-0.3, -0.25) is 9.36 Å². The molecular weight excluding hydrogens is 634 g/mol. The number of piperidine rings is 1. The van der Waals surface area contributed by atoms with Crippen LogP contribution in [0, 0.1) is 0 Å². The van der Waals surface area contributed by atoms with E-state index in [0.717, 1.165) is 41.9 Å². The molecule has 2 aromatic carbocycles. The number of esters is 1. The minimum absolute atomic E-state index is 0.107. The van der Waals surface area contributed by atoms with Gasteiger partial charge in [0.2, 0.25) is 12.7 Å². The van der Waals surface area contributed by atoms with Crippen LogP contribution in [0.4, 0.5) is 5.88 Å². The normalized spacial score (nSPS) is 18.0. The molecule has 0 bridgehead atoms. The number of benzene rings is 2. The lowest BCUT2D eigenvalue weighted by molar-refractivity contribution is -0.138. The van der Waals surface area contributed by atoms with Gasteiger partial charge in [-0.1, -0.05) is 47.7 Å². The van der Waals surface area contributed by atoms with E-state index in [-0.39, 0.29) is 24.5 Å². The highest BCUT2D eigenvalue weighted by molar-refractivity contribution is 9.10. The zero-order valence-corrected chi connectivity index (χ0v) is 25.8. The number of carbonyl (C=O) groups excluding carboxylic acids is 1. The Labute approximate surface area is 259 Å². The third kappa shape index (κ3) is 5.10. The number of nitrogens with zero attached hydrogens (tertiary/aromatic N) is 3. The van der Waals surface area contributed by atoms with Gasteiger partial charge in [-0.2, -0.15) is 0 Å². The van der Waals surface area contributed by atoms with Gasteiger partial charge in [0.05, 0.1) is 32.9 Å². The molecule has 0 N–H and O–H groups in total. The first kappa shape index (κ1) is 27.7. The number of aromatic nitrogens is 1. The van der Waals surface area contributed by atoms with Crippen molar-refractivity contribution in [1.29, 1.82) is 0 Å². The van der Waals surface area contributed by atoms with E-state index in [4.69, 9.17) is 23.6 Å². The average molecular weight is 663 g/mol. The third-order valence-electron chi connectivity index (χ3n) is 7.69. The highest BCUT2D eigenvalue weighted by atomic mass is 79.9. The molecular formula is C32H28BrN3O6S. The van der Waals surface area contributed by atoms with Gasteiger partial charge in [-0.25, -0.2) is 9.79 Å². The molecule has 3 aliphatic rings. The Morgan fingerprint density at radius 3 is 2.67 bits per heavy atom. The van der Waals surface area contributed by atoms with Crippen LogP contribution in [0.15, 0.2) is 78.8 Å². The Morgan fingerprint density at radius 2 is 1.88 bits per heavy atom. The zero-order valence-electron chi connectivity index (χ0n) is 23.4. The van der Waals surface area contributed by atoms with Crippen molar-refractivity contribution in [3.8, 4) is 11.5 Å². The van der Waals surface area contributed by atoms with Crippen LogP contribution in [0.3, 0.4) is 0 Å². The second kappa shape index (κ2) is 11.5. The predicted molar refractivity (Wildman–Crippen MR) is 166 cm³/mol. The summed E-state index contributed by atoms with van der Waals surface area (Å²) in [6.45, 7) is 3.90. The van der Waals surface area contributed by atoms with Gasteiger partial charge < -0.3 is 23.5 Å². The predicted octanol–water partition coefficient (Wildman–Crippen LogP) is 5.01. The maximum atomic E-state index is 14.2. The Bertz CT molecular complexity index is 1920. The quantitative estimate of drug-likeness (QED) is 0.268. The van der Waals surface area contributed by atoms with Crippen LogP contribution in [0.2, 0.25) is 0 Å². The van der Waals surface area contributed by atoms with E-state index < -0.39 is 12.0 Å². The molecule has 220 valence electrons. The van der Waals surface area contributed by atoms with Crippen molar-refractivity contribution in [2.24, 2.45) is 4.99 Å². The number of carbonyl (C=O) groups is 1. The highest BCUT2D eigenvalue weighted by Gasteiger charge is 2.36. The molecule has 7 rings (SSSR count). The molecule has 0 amide bonds. The summed E-state index contributed by atoms with van der Waals surface area (Å²) in [5.41, 5.74) is 1.88. The monoisotopic (exact) mass is 661 g/mol. The van der Waals surface area contributed by atoms with Crippen molar-refractivity contribution in [2.45, 2.75) is 32.2 Å². The molecule has 0 unspecified atom stereocenters. The van der Waals surface area contributed by atoms with E-state index in [1.165, 1.54) is 17.8 Å². The summed E-state index contributed by atoms with van der Waals surface area (Å²) in [4.78, 5) is 35.4. The maximum Gasteiger partial charge on any atom is 0.338 e. The lowest BCUT2D eigenvalue weighted by atomic mass is 9.93. The first-order valence-electron chi connectivity index (χ1n) is 14.2. The third-order valence-corrected chi connectivity index (χ3v) is 9.24. The number of furan rings is 1. The van der Waals surface area contributed by atoms with Crippen molar-refractivity contribution in [3.05, 3.63) is 101 Å². The Balaban J connectivity index is 1.43.